The van der Waals surface area contributed by atoms with Crippen molar-refractivity contribution >= 4 is 40.5 Å². The first-order valence-electron chi connectivity index (χ1n) is 14.9. The molecule has 54 heavy (non-hydrogen) atoms. The average molecular weight is 885 g/mol. The predicted molar refractivity (Wildman–Crippen MR) is 176 cm³/mol. The van der Waals surface area contributed by atoms with Gasteiger partial charge in [0, 0.05) is 0 Å². The Morgan fingerprint density at radius 3 is 0.833 bits per heavy atom. The van der Waals surface area contributed by atoms with E-state index in [-0.39, 0.29) is 52.9 Å². The van der Waals surface area contributed by atoms with Crippen LogP contribution in [0.4, 0.5) is 0 Å². The Morgan fingerprint density at radius 2 is 0.574 bits per heavy atom. The van der Waals surface area contributed by atoms with Gasteiger partial charge >= 0.3 is 0 Å². The molecule has 0 spiro atoms. The fourth-order valence-electron chi connectivity index (χ4n) is 2.84. The van der Waals surface area contributed by atoms with Crippen LogP contribution in [0.3, 0.4) is 0 Å². The summed E-state index contributed by atoms with van der Waals surface area (Å²) >= 11 is 0. The van der Waals surface area contributed by atoms with Gasteiger partial charge in [-0.05, 0) is 0 Å². The highest BCUT2D eigenvalue weighted by Gasteiger charge is 2.18. The SMILES string of the molecule is CS(=O)(=O)OCOCC(COCC(COCOS(C)(=O)=O)OCOS(C)(=O)=O)OCOS(C)(=O)=O.OCOCC(COCC(COCO)OCO)OCO. The minimum atomic E-state index is -3.81. The highest BCUT2D eigenvalue weighted by atomic mass is 32.2. The summed E-state index contributed by atoms with van der Waals surface area (Å²) in [7, 11) is -15.1. The Morgan fingerprint density at radius 1 is 0.333 bits per heavy atom. The van der Waals surface area contributed by atoms with Gasteiger partial charge in [0.15, 0.2) is 27.2 Å². The van der Waals surface area contributed by atoms with Crippen molar-refractivity contribution in [3.63, 3.8) is 0 Å². The van der Waals surface area contributed by atoms with Gasteiger partial charge in [0.25, 0.3) is 40.5 Å². The van der Waals surface area contributed by atoms with Crippen molar-refractivity contribution in [2.75, 3.05) is 132 Å². The van der Waals surface area contributed by atoms with E-state index in [0.29, 0.717) is 0 Å². The van der Waals surface area contributed by atoms with Gasteiger partial charge in [0.1, 0.15) is 51.6 Å². The van der Waals surface area contributed by atoms with Crippen LogP contribution in [0, 0.1) is 0 Å². The van der Waals surface area contributed by atoms with E-state index in [1.807, 2.05) is 0 Å². The summed E-state index contributed by atoms with van der Waals surface area (Å²) in [5.74, 6) is 0. The first-order valence-corrected chi connectivity index (χ1v) is 22.1. The number of ether oxygens (including phenoxy) is 10. The quantitative estimate of drug-likeness (QED) is 0.0260. The van der Waals surface area contributed by atoms with Crippen LogP contribution >= 0.6 is 0 Å². The second kappa shape index (κ2) is 32.1. The summed E-state index contributed by atoms with van der Waals surface area (Å²) in [4.78, 5) is 0. The highest BCUT2D eigenvalue weighted by molar-refractivity contribution is 7.86. The van der Waals surface area contributed by atoms with Gasteiger partial charge in [-0.25, -0.2) is 16.7 Å². The van der Waals surface area contributed by atoms with Gasteiger partial charge < -0.3 is 67.8 Å². The third kappa shape index (κ3) is 42.2. The third-order valence-corrected chi connectivity index (χ3v) is 7.15. The minimum Gasteiger partial charge on any atom is -0.376 e. The first-order chi connectivity index (χ1) is 25.1. The molecule has 0 saturated carbocycles. The summed E-state index contributed by atoms with van der Waals surface area (Å²) in [6.45, 7) is -5.37. The number of hydrogen-bond acceptors (Lipinski definition) is 26. The summed E-state index contributed by atoms with van der Waals surface area (Å²) in [5.41, 5.74) is 0. The van der Waals surface area contributed by atoms with Crippen LogP contribution in [0.5, 0.6) is 0 Å². The van der Waals surface area contributed by atoms with Crippen LogP contribution in [0.15, 0.2) is 0 Å². The number of hydrogen-bond donors (Lipinski definition) is 4. The Hall–Kier alpha value is -0.920. The van der Waals surface area contributed by atoms with Crippen molar-refractivity contribution in [3.8, 4) is 0 Å². The van der Waals surface area contributed by atoms with Gasteiger partial charge in [-0.2, -0.15) is 33.7 Å². The van der Waals surface area contributed by atoms with Gasteiger partial charge in [0.05, 0.1) is 77.9 Å². The minimum absolute atomic E-state index is 0.0652. The topological polar surface area (TPSA) is 347 Å². The summed E-state index contributed by atoms with van der Waals surface area (Å²) in [6, 6.07) is 0. The predicted octanol–water partition coefficient (Wildman–Crippen LogP) is -4.85. The molecule has 0 heterocycles. The Balaban J connectivity index is 0. The molecule has 0 saturated heterocycles. The van der Waals surface area contributed by atoms with Gasteiger partial charge in [-0.1, -0.05) is 0 Å². The van der Waals surface area contributed by atoms with E-state index in [9.17, 15) is 33.7 Å². The van der Waals surface area contributed by atoms with E-state index in [1.54, 1.807) is 0 Å². The fourth-order valence-corrected chi connectivity index (χ4v) is 3.79. The van der Waals surface area contributed by atoms with E-state index in [1.165, 1.54) is 0 Å². The van der Waals surface area contributed by atoms with Crippen LogP contribution in [0.25, 0.3) is 0 Å². The van der Waals surface area contributed by atoms with E-state index in [2.05, 4.69) is 16.7 Å². The zero-order valence-corrected chi connectivity index (χ0v) is 33.3. The van der Waals surface area contributed by atoms with E-state index < -0.39 is 119 Å². The van der Waals surface area contributed by atoms with Crippen molar-refractivity contribution in [1.29, 1.82) is 0 Å². The zero-order chi connectivity index (χ0) is 41.5. The van der Waals surface area contributed by atoms with Crippen molar-refractivity contribution in [2.24, 2.45) is 0 Å². The molecule has 0 radical (unpaired) electrons. The van der Waals surface area contributed by atoms with Gasteiger partial charge in [0.2, 0.25) is 0 Å². The van der Waals surface area contributed by atoms with E-state index >= 15 is 0 Å². The number of aliphatic hydroxyl groups is 4. The molecule has 0 aromatic carbocycles. The molecule has 0 aliphatic heterocycles. The molecule has 0 aliphatic rings. The van der Waals surface area contributed by atoms with Gasteiger partial charge in [-0.15, -0.1) is 0 Å². The van der Waals surface area contributed by atoms with Crippen molar-refractivity contribution in [3.05, 3.63) is 0 Å². The normalized spacial score (nSPS) is 15.0. The molecule has 0 aromatic rings. The van der Waals surface area contributed by atoms with Crippen molar-refractivity contribution in [1.82, 2.24) is 0 Å². The van der Waals surface area contributed by atoms with Crippen LogP contribution in [0.1, 0.15) is 0 Å². The lowest BCUT2D eigenvalue weighted by Gasteiger charge is -2.21. The molecule has 4 atom stereocenters. The lowest BCUT2D eigenvalue weighted by Crippen LogP contribution is -2.32. The monoisotopic (exact) mass is 884 g/mol. The smallest absolute Gasteiger partial charge is 0.266 e. The molecule has 30 heteroatoms. The maximum Gasteiger partial charge on any atom is 0.266 e. The molecule has 0 rings (SSSR count). The molecule has 0 amide bonds. The first kappa shape index (κ1) is 55.2. The lowest BCUT2D eigenvalue weighted by molar-refractivity contribution is -0.149. The molecule has 0 fully saturated rings. The standard InChI is InChI=1S/C14H30O17S4.C10H22O9/c1-32(15,16)28-9-24-7-13(26-11-30-34(3,19)20)5-23-6-14(27-12-31-35(4,21)22)8-25-10-29-33(2,17)18;11-5-16-3-9(18-7-13)1-15-2-10(19-8-14)4-17-6-12/h13-14H,5-12H2,1-4H3;9-14H,1-8H2. The molecule has 26 nitrogen and oxygen atoms in total. The molecule has 4 N–H and O–H groups in total. The molecule has 0 aromatic heterocycles. The van der Waals surface area contributed by atoms with Crippen molar-refractivity contribution < 1.29 is 118 Å². The third-order valence-electron chi connectivity index (χ3n) is 5.06. The molecule has 4 unspecified atom stereocenters. The maximum absolute atomic E-state index is 11.1. The highest BCUT2D eigenvalue weighted by Crippen LogP contribution is 2.04. The Bertz CT molecular complexity index is 1230. The lowest BCUT2D eigenvalue weighted by atomic mass is 10.4. The van der Waals surface area contributed by atoms with Crippen molar-refractivity contribution in [2.45, 2.75) is 24.4 Å². The second-order valence-electron chi connectivity index (χ2n) is 9.99. The number of aliphatic hydroxyl groups excluding tert-OH is 4. The van der Waals surface area contributed by atoms with E-state index in [0.717, 1.165) is 25.0 Å². The van der Waals surface area contributed by atoms with Crippen LogP contribution in [-0.4, -0.2) is 211 Å². The summed E-state index contributed by atoms with van der Waals surface area (Å²) in [5, 5.41) is 34.3. The number of rotatable bonds is 36. The largest absolute Gasteiger partial charge is 0.376 e. The molecule has 0 aliphatic carbocycles. The fraction of sp³-hybridized carbons (Fsp3) is 1.00. The molecular weight excluding hydrogens is 833 g/mol. The van der Waals surface area contributed by atoms with Gasteiger partial charge in [-0.3, -0.25) is 0 Å². The summed E-state index contributed by atoms with van der Waals surface area (Å²) in [6.07, 6.45) is 0.202. The summed E-state index contributed by atoms with van der Waals surface area (Å²) < 4.78 is 156. The average Bonchev–Trinajstić information content (AvgIpc) is 3.04. The zero-order valence-electron chi connectivity index (χ0n) is 30.0. The Kier molecular flexibility index (Phi) is 32.8. The second-order valence-corrected chi connectivity index (χ2v) is 16.6. The van der Waals surface area contributed by atoms with Crippen LogP contribution in [0.2, 0.25) is 0 Å². The molecule has 0 bridgehead atoms. The van der Waals surface area contributed by atoms with Crippen LogP contribution in [-0.2, 0) is 105 Å². The van der Waals surface area contributed by atoms with Crippen LogP contribution < -0.4 is 0 Å². The maximum atomic E-state index is 11.1. The molecule has 328 valence electrons. The van der Waals surface area contributed by atoms with E-state index in [4.69, 9.17) is 67.8 Å². The Labute approximate surface area is 314 Å². The molecular formula is C24H52O26S4.